The van der Waals surface area contributed by atoms with E-state index in [0.717, 1.165) is 37.3 Å². The molecule has 3 nitrogen and oxygen atoms in total. The predicted molar refractivity (Wildman–Crippen MR) is 76.6 cm³/mol. The van der Waals surface area contributed by atoms with Gasteiger partial charge in [0.15, 0.2) is 5.01 Å². The molecule has 0 aliphatic carbocycles. The zero-order valence-electron chi connectivity index (χ0n) is 10.9. The van der Waals surface area contributed by atoms with E-state index in [4.69, 9.17) is 0 Å². The van der Waals surface area contributed by atoms with Crippen LogP contribution in [0.15, 0.2) is 30.3 Å². The molecule has 1 aliphatic heterocycles. The average molecular weight is 272 g/mol. The number of carbonyl (C=O) groups excluding carboxylic acids is 1. The Morgan fingerprint density at radius 1 is 1.37 bits per heavy atom. The molecule has 4 heteroatoms. The van der Waals surface area contributed by atoms with Gasteiger partial charge in [-0.25, -0.2) is 4.98 Å². The van der Waals surface area contributed by atoms with Gasteiger partial charge in [-0.15, -0.1) is 11.3 Å². The number of fused-ring (bicyclic) bond motifs is 1. The van der Waals surface area contributed by atoms with Crippen LogP contribution < -0.4 is 0 Å². The Kier molecular flexibility index (Phi) is 3.44. The second-order valence-corrected chi connectivity index (χ2v) is 5.79. The van der Waals surface area contributed by atoms with E-state index < -0.39 is 0 Å². The number of likely N-dealkylation sites (N-methyl/N-ethyl adjacent to an activating group) is 1. The number of hydrogen-bond acceptors (Lipinski definition) is 4. The second kappa shape index (κ2) is 5.23. The monoisotopic (exact) mass is 272 g/mol. The largest absolute Gasteiger partial charge is 0.298 e. The average Bonchev–Trinajstić information content (AvgIpc) is 2.90. The molecule has 2 heterocycles. The Morgan fingerprint density at radius 3 is 2.89 bits per heavy atom. The summed E-state index contributed by atoms with van der Waals surface area (Å²) in [5.41, 5.74) is 1.84. The first-order valence-electron chi connectivity index (χ1n) is 6.58. The van der Waals surface area contributed by atoms with Crippen molar-refractivity contribution in [1.29, 1.82) is 0 Å². The van der Waals surface area contributed by atoms with E-state index in [1.165, 1.54) is 4.88 Å². The van der Waals surface area contributed by atoms with Gasteiger partial charge < -0.3 is 0 Å². The summed E-state index contributed by atoms with van der Waals surface area (Å²) in [4.78, 5) is 20.5. The van der Waals surface area contributed by atoms with Gasteiger partial charge in [-0.1, -0.05) is 37.3 Å². The van der Waals surface area contributed by atoms with E-state index in [0.29, 0.717) is 5.01 Å². The molecule has 0 unspecified atom stereocenters. The lowest BCUT2D eigenvalue weighted by atomic mass is 10.1. The standard InChI is InChI=1S/C15H16N2OS/c1-2-17-9-8-12-13(10-17)19-15(16-12)14(18)11-6-4-3-5-7-11/h3-7H,2,8-10H2,1H3. The normalized spacial score (nSPS) is 15.2. The summed E-state index contributed by atoms with van der Waals surface area (Å²) >= 11 is 1.56. The molecule has 0 N–H and O–H groups in total. The molecular formula is C15H16N2OS. The molecule has 0 bridgehead atoms. The van der Waals surface area contributed by atoms with Crippen LogP contribution in [0.1, 0.15) is 32.9 Å². The fourth-order valence-electron chi connectivity index (χ4n) is 2.33. The van der Waals surface area contributed by atoms with E-state index in [2.05, 4.69) is 16.8 Å². The first-order chi connectivity index (χ1) is 9.28. The minimum absolute atomic E-state index is 0.0445. The molecule has 0 amide bonds. The second-order valence-electron chi connectivity index (χ2n) is 4.70. The summed E-state index contributed by atoms with van der Waals surface area (Å²) in [5, 5.41) is 0.633. The fraction of sp³-hybridized carbons (Fsp3) is 0.333. The van der Waals surface area contributed by atoms with E-state index in [1.807, 2.05) is 30.3 Å². The van der Waals surface area contributed by atoms with Crippen molar-refractivity contribution in [2.75, 3.05) is 13.1 Å². The van der Waals surface area contributed by atoms with Crippen LogP contribution in [0.2, 0.25) is 0 Å². The molecule has 1 aliphatic rings. The number of nitrogens with zero attached hydrogens (tertiary/aromatic N) is 2. The maximum Gasteiger partial charge on any atom is 0.221 e. The van der Waals surface area contributed by atoms with E-state index >= 15 is 0 Å². The minimum atomic E-state index is 0.0445. The lowest BCUT2D eigenvalue weighted by Crippen LogP contribution is -2.29. The molecular weight excluding hydrogens is 256 g/mol. The summed E-state index contributed by atoms with van der Waals surface area (Å²) in [7, 11) is 0. The Hall–Kier alpha value is -1.52. The summed E-state index contributed by atoms with van der Waals surface area (Å²) in [6.45, 7) is 5.21. The topological polar surface area (TPSA) is 33.2 Å². The summed E-state index contributed by atoms with van der Waals surface area (Å²) in [6.07, 6.45) is 0.960. The first kappa shape index (κ1) is 12.5. The SMILES string of the molecule is CCN1CCc2nc(C(=O)c3ccccc3)sc2C1. The lowest BCUT2D eigenvalue weighted by molar-refractivity contribution is 0.103. The number of benzene rings is 1. The van der Waals surface area contributed by atoms with Crippen molar-refractivity contribution < 1.29 is 4.79 Å². The molecule has 98 valence electrons. The molecule has 1 aromatic carbocycles. The van der Waals surface area contributed by atoms with Crippen LogP contribution in [0, 0.1) is 0 Å². The van der Waals surface area contributed by atoms with Gasteiger partial charge >= 0.3 is 0 Å². The van der Waals surface area contributed by atoms with Gasteiger partial charge in [0.25, 0.3) is 0 Å². The van der Waals surface area contributed by atoms with E-state index in [1.54, 1.807) is 11.3 Å². The first-order valence-corrected chi connectivity index (χ1v) is 7.40. The molecule has 3 rings (SSSR count). The lowest BCUT2D eigenvalue weighted by Gasteiger charge is -2.23. The van der Waals surface area contributed by atoms with E-state index in [9.17, 15) is 4.79 Å². The van der Waals surface area contributed by atoms with Crippen molar-refractivity contribution >= 4 is 17.1 Å². The Morgan fingerprint density at radius 2 is 2.16 bits per heavy atom. The highest BCUT2D eigenvalue weighted by atomic mass is 32.1. The van der Waals surface area contributed by atoms with Gasteiger partial charge in [0.05, 0.1) is 5.69 Å². The van der Waals surface area contributed by atoms with Crippen molar-refractivity contribution in [3.63, 3.8) is 0 Å². The Balaban J connectivity index is 1.88. The molecule has 0 saturated heterocycles. The number of rotatable bonds is 3. The molecule has 2 aromatic rings. The highest BCUT2D eigenvalue weighted by Crippen LogP contribution is 2.26. The van der Waals surface area contributed by atoms with E-state index in [-0.39, 0.29) is 5.78 Å². The summed E-state index contributed by atoms with van der Waals surface area (Å²) in [6, 6.07) is 9.39. The quantitative estimate of drug-likeness (QED) is 0.806. The number of carbonyl (C=O) groups is 1. The molecule has 19 heavy (non-hydrogen) atoms. The maximum atomic E-state index is 12.3. The van der Waals surface area contributed by atoms with Crippen LogP contribution in [0.3, 0.4) is 0 Å². The van der Waals surface area contributed by atoms with Crippen LogP contribution in [-0.2, 0) is 13.0 Å². The maximum absolute atomic E-state index is 12.3. The van der Waals surface area contributed by atoms with Crippen LogP contribution in [0.25, 0.3) is 0 Å². The van der Waals surface area contributed by atoms with Crippen molar-refractivity contribution in [3.8, 4) is 0 Å². The number of thiazole rings is 1. The van der Waals surface area contributed by atoms with Gasteiger partial charge in [0, 0.05) is 30.0 Å². The Labute approximate surface area is 116 Å². The molecule has 0 saturated carbocycles. The van der Waals surface area contributed by atoms with Gasteiger partial charge in [-0.2, -0.15) is 0 Å². The molecule has 0 atom stereocenters. The summed E-state index contributed by atoms with van der Waals surface area (Å²) < 4.78 is 0. The van der Waals surface area contributed by atoms with Gasteiger partial charge in [0.2, 0.25) is 5.78 Å². The van der Waals surface area contributed by atoms with Crippen LogP contribution in [0.5, 0.6) is 0 Å². The molecule has 0 spiro atoms. The predicted octanol–water partition coefficient (Wildman–Crippen LogP) is 2.75. The van der Waals surface area contributed by atoms with Crippen molar-refractivity contribution in [1.82, 2.24) is 9.88 Å². The zero-order valence-corrected chi connectivity index (χ0v) is 11.7. The third kappa shape index (κ3) is 2.46. The smallest absolute Gasteiger partial charge is 0.221 e. The highest BCUT2D eigenvalue weighted by molar-refractivity contribution is 7.14. The molecule has 0 fully saturated rings. The highest BCUT2D eigenvalue weighted by Gasteiger charge is 2.22. The zero-order chi connectivity index (χ0) is 13.2. The van der Waals surface area contributed by atoms with Crippen molar-refractivity contribution in [2.24, 2.45) is 0 Å². The third-order valence-electron chi connectivity index (χ3n) is 3.49. The number of ketones is 1. The molecule has 1 aromatic heterocycles. The fourth-order valence-corrected chi connectivity index (χ4v) is 3.44. The number of hydrogen-bond donors (Lipinski definition) is 0. The van der Waals surface area contributed by atoms with Crippen LogP contribution >= 0.6 is 11.3 Å². The van der Waals surface area contributed by atoms with Gasteiger partial charge in [0.1, 0.15) is 0 Å². The minimum Gasteiger partial charge on any atom is -0.298 e. The van der Waals surface area contributed by atoms with Gasteiger partial charge in [-0.3, -0.25) is 9.69 Å². The number of aromatic nitrogens is 1. The third-order valence-corrected chi connectivity index (χ3v) is 4.57. The Bertz CT molecular complexity index is 591. The van der Waals surface area contributed by atoms with Crippen molar-refractivity contribution in [2.45, 2.75) is 19.9 Å². The van der Waals surface area contributed by atoms with Crippen LogP contribution in [-0.4, -0.2) is 28.8 Å². The molecule has 0 radical (unpaired) electrons. The summed E-state index contributed by atoms with van der Waals surface area (Å²) in [5.74, 6) is 0.0445. The van der Waals surface area contributed by atoms with Crippen LogP contribution in [0.4, 0.5) is 0 Å². The van der Waals surface area contributed by atoms with Crippen molar-refractivity contribution in [3.05, 3.63) is 51.5 Å². The van der Waals surface area contributed by atoms with Gasteiger partial charge in [-0.05, 0) is 6.54 Å².